The molecule has 6 rings (SSSR count). The van der Waals surface area contributed by atoms with Crippen LogP contribution in [0.15, 0.2) is 84.9 Å². The van der Waals surface area contributed by atoms with Gasteiger partial charge in [-0.25, -0.2) is 9.97 Å². The lowest BCUT2D eigenvalue weighted by molar-refractivity contribution is 0.362. The Morgan fingerprint density at radius 3 is 2.00 bits per heavy atom. The van der Waals surface area contributed by atoms with Crippen LogP contribution in [-0.4, -0.2) is 14.5 Å². The molecule has 2 aromatic heterocycles. The van der Waals surface area contributed by atoms with Crippen LogP contribution < -0.4 is 5.73 Å². The largest absolute Gasteiger partial charge is 0.383 e. The molecule has 1 fully saturated rings. The number of hydrogen-bond donors (Lipinski definition) is 1. The van der Waals surface area contributed by atoms with Gasteiger partial charge in [0, 0.05) is 22.2 Å². The average molecular weight is 479 g/mol. The van der Waals surface area contributed by atoms with Crippen LogP contribution in [0.3, 0.4) is 0 Å². The molecule has 0 aliphatic heterocycles. The predicted molar refractivity (Wildman–Crippen MR) is 145 cm³/mol. The van der Waals surface area contributed by atoms with E-state index in [9.17, 15) is 0 Å². The molecular formula is C30H27ClN4. The minimum atomic E-state index is 0.367. The first-order valence-electron chi connectivity index (χ1n) is 12.3. The summed E-state index contributed by atoms with van der Waals surface area (Å²) in [5.74, 6) is 1.13. The molecule has 5 aromatic rings. The summed E-state index contributed by atoms with van der Waals surface area (Å²) in [6.45, 7) is 0. The van der Waals surface area contributed by atoms with Gasteiger partial charge >= 0.3 is 0 Å². The minimum absolute atomic E-state index is 0.367. The van der Waals surface area contributed by atoms with E-state index in [4.69, 9.17) is 27.3 Å². The Kier molecular flexibility index (Phi) is 5.75. The fourth-order valence-corrected chi connectivity index (χ4v) is 5.54. The SMILES string of the molecule is Nc1nc(-c2ccc(Cl)cc2)nc2c1c(-c1ccccc1)c(-c1ccccc1)n2C1CCCCC1. The lowest BCUT2D eigenvalue weighted by Gasteiger charge is -2.26. The lowest BCUT2D eigenvalue weighted by atomic mass is 9.94. The van der Waals surface area contributed by atoms with Gasteiger partial charge in [0.2, 0.25) is 0 Å². The van der Waals surface area contributed by atoms with Crippen LogP contribution in [0.5, 0.6) is 0 Å². The van der Waals surface area contributed by atoms with E-state index < -0.39 is 0 Å². The van der Waals surface area contributed by atoms with Gasteiger partial charge in [-0.3, -0.25) is 0 Å². The van der Waals surface area contributed by atoms with E-state index >= 15 is 0 Å². The predicted octanol–water partition coefficient (Wildman–Crippen LogP) is 8.17. The highest BCUT2D eigenvalue weighted by atomic mass is 35.5. The van der Waals surface area contributed by atoms with Gasteiger partial charge in [-0.05, 0) is 48.2 Å². The summed E-state index contributed by atoms with van der Waals surface area (Å²) in [6, 6.07) is 29.1. The van der Waals surface area contributed by atoms with Crippen molar-refractivity contribution in [2.24, 2.45) is 0 Å². The number of nitrogen functional groups attached to an aromatic ring is 1. The molecular weight excluding hydrogens is 452 g/mol. The molecule has 1 aliphatic rings. The van der Waals surface area contributed by atoms with Gasteiger partial charge < -0.3 is 10.3 Å². The first kappa shape index (κ1) is 21.9. The third-order valence-electron chi connectivity index (χ3n) is 7.03. The fourth-order valence-electron chi connectivity index (χ4n) is 5.41. The highest BCUT2D eigenvalue weighted by Gasteiger charge is 2.29. The third kappa shape index (κ3) is 3.98. The Bertz CT molecular complexity index is 1470. The van der Waals surface area contributed by atoms with Crippen molar-refractivity contribution in [2.75, 3.05) is 5.73 Å². The van der Waals surface area contributed by atoms with Crippen LogP contribution in [0, 0.1) is 0 Å². The number of anilines is 1. The fraction of sp³-hybridized carbons (Fsp3) is 0.200. The van der Waals surface area contributed by atoms with Crippen LogP contribution in [-0.2, 0) is 0 Å². The molecule has 5 heteroatoms. The van der Waals surface area contributed by atoms with E-state index in [1.54, 1.807) is 0 Å². The molecule has 4 nitrogen and oxygen atoms in total. The Morgan fingerprint density at radius 1 is 0.714 bits per heavy atom. The Balaban J connectivity index is 1.72. The average Bonchev–Trinajstić information content (AvgIpc) is 3.26. The van der Waals surface area contributed by atoms with Gasteiger partial charge in [-0.2, -0.15) is 0 Å². The number of nitrogens with zero attached hydrogens (tertiary/aromatic N) is 3. The molecule has 1 saturated carbocycles. The van der Waals surface area contributed by atoms with Crippen molar-refractivity contribution in [3.63, 3.8) is 0 Å². The molecule has 0 radical (unpaired) electrons. The number of aromatic nitrogens is 3. The van der Waals surface area contributed by atoms with Gasteiger partial charge in [-0.1, -0.05) is 91.5 Å². The van der Waals surface area contributed by atoms with Crippen LogP contribution in [0.2, 0.25) is 5.02 Å². The molecule has 0 spiro atoms. The van der Waals surface area contributed by atoms with Gasteiger partial charge in [0.1, 0.15) is 11.5 Å². The van der Waals surface area contributed by atoms with Crippen molar-refractivity contribution < 1.29 is 0 Å². The molecule has 1 aliphatic carbocycles. The molecule has 0 saturated heterocycles. The van der Waals surface area contributed by atoms with Crippen LogP contribution >= 0.6 is 11.6 Å². The maximum atomic E-state index is 6.76. The smallest absolute Gasteiger partial charge is 0.163 e. The summed E-state index contributed by atoms with van der Waals surface area (Å²) >= 11 is 6.14. The van der Waals surface area contributed by atoms with Crippen molar-refractivity contribution in [1.29, 1.82) is 0 Å². The number of benzene rings is 3. The van der Waals surface area contributed by atoms with Gasteiger partial charge in [0.05, 0.1) is 11.1 Å². The van der Waals surface area contributed by atoms with E-state index in [1.807, 2.05) is 30.3 Å². The second-order valence-electron chi connectivity index (χ2n) is 9.26. The topological polar surface area (TPSA) is 56.7 Å². The number of fused-ring (bicyclic) bond motifs is 1. The van der Waals surface area contributed by atoms with E-state index in [2.05, 4.69) is 59.2 Å². The standard InChI is InChI=1S/C30H27ClN4/c31-23-18-16-22(17-19-23)29-33-28(32)26-25(20-10-4-1-5-11-20)27(21-12-6-2-7-13-21)35(30(26)34-29)24-14-8-3-9-15-24/h1-2,4-7,10-13,16-19,24H,3,8-9,14-15H2,(H2,32,33,34). The highest BCUT2D eigenvalue weighted by molar-refractivity contribution is 6.30. The Morgan fingerprint density at radius 2 is 1.34 bits per heavy atom. The molecule has 0 bridgehead atoms. The molecule has 35 heavy (non-hydrogen) atoms. The minimum Gasteiger partial charge on any atom is -0.383 e. The molecule has 0 unspecified atom stereocenters. The summed E-state index contributed by atoms with van der Waals surface area (Å²) in [6.07, 6.45) is 6.01. The number of rotatable bonds is 4. The molecule has 174 valence electrons. The Labute approximate surface area is 210 Å². The summed E-state index contributed by atoms with van der Waals surface area (Å²) in [5.41, 5.74) is 13.2. The maximum Gasteiger partial charge on any atom is 0.163 e. The summed E-state index contributed by atoms with van der Waals surface area (Å²) in [4.78, 5) is 9.96. The van der Waals surface area contributed by atoms with Crippen molar-refractivity contribution in [3.05, 3.63) is 90.0 Å². The van der Waals surface area contributed by atoms with Crippen LogP contribution in [0.1, 0.15) is 38.1 Å². The van der Waals surface area contributed by atoms with Crippen LogP contribution in [0.4, 0.5) is 5.82 Å². The van der Waals surface area contributed by atoms with E-state index in [1.165, 1.54) is 30.5 Å². The third-order valence-corrected chi connectivity index (χ3v) is 7.28. The summed E-state index contributed by atoms with van der Waals surface area (Å²) in [5, 5.41) is 1.62. The molecule has 0 amide bonds. The molecule has 3 aromatic carbocycles. The van der Waals surface area contributed by atoms with Gasteiger partial charge in [0.15, 0.2) is 5.82 Å². The summed E-state index contributed by atoms with van der Waals surface area (Å²) < 4.78 is 2.46. The normalized spacial score (nSPS) is 14.4. The van der Waals surface area contributed by atoms with Crippen molar-refractivity contribution in [2.45, 2.75) is 38.1 Å². The van der Waals surface area contributed by atoms with Crippen LogP contribution in [0.25, 0.3) is 44.8 Å². The first-order valence-corrected chi connectivity index (χ1v) is 12.7. The molecule has 0 atom stereocenters. The summed E-state index contributed by atoms with van der Waals surface area (Å²) in [7, 11) is 0. The highest BCUT2D eigenvalue weighted by Crippen LogP contribution is 2.46. The zero-order valence-electron chi connectivity index (χ0n) is 19.5. The van der Waals surface area contributed by atoms with E-state index in [-0.39, 0.29) is 0 Å². The van der Waals surface area contributed by atoms with Crippen molar-refractivity contribution in [3.8, 4) is 33.8 Å². The van der Waals surface area contributed by atoms with Crippen molar-refractivity contribution in [1.82, 2.24) is 14.5 Å². The van der Waals surface area contributed by atoms with Crippen molar-refractivity contribution >= 4 is 28.5 Å². The monoisotopic (exact) mass is 478 g/mol. The number of halogens is 1. The quantitative estimate of drug-likeness (QED) is 0.283. The second-order valence-corrected chi connectivity index (χ2v) is 9.69. The molecule has 2 N–H and O–H groups in total. The first-order chi connectivity index (χ1) is 17.2. The zero-order valence-corrected chi connectivity index (χ0v) is 20.2. The van der Waals surface area contributed by atoms with E-state index in [0.717, 1.165) is 40.6 Å². The van der Waals surface area contributed by atoms with Gasteiger partial charge in [0.25, 0.3) is 0 Å². The Hall–Kier alpha value is -3.63. The maximum absolute atomic E-state index is 6.76. The zero-order chi connectivity index (χ0) is 23.8. The lowest BCUT2D eigenvalue weighted by Crippen LogP contribution is -2.14. The number of nitrogens with two attached hydrogens (primary N) is 1. The number of hydrogen-bond acceptors (Lipinski definition) is 3. The van der Waals surface area contributed by atoms with Gasteiger partial charge in [-0.15, -0.1) is 0 Å². The molecule has 2 heterocycles. The second kappa shape index (κ2) is 9.20. The van der Waals surface area contributed by atoms with E-state index in [0.29, 0.717) is 22.7 Å².